The van der Waals surface area contributed by atoms with Crippen molar-refractivity contribution in [2.75, 3.05) is 79.9 Å². The van der Waals surface area contributed by atoms with E-state index in [0.717, 1.165) is 118 Å². The van der Waals surface area contributed by atoms with E-state index in [0.29, 0.717) is 18.7 Å². The first-order valence-corrected chi connectivity index (χ1v) is 26.0. The van der Waals surface area contributed by atoms with Crippen LogP contribution in [0.3, 0.4) is 0 Å². The largest absolute Gasteiger partial charge is 0.515 e. The molecule has 1 saturated carbocycles. The number of carbonyl (C=O) groups excluding carboxylic acids is 4. The molecular formula is C56H89N5O8S. The highest BCUT2D eigenvalue weighted by Crippen LogP contribution is 2.34. The number of likely N-dealkylation sites (tertiary alicyclic amines) is 1. The molecule has 2 heterocycles. The third-order valence-corrected chi connectivity index (χ3v) is 14.1. The maximum absolute atomic E-state index is 12.7. The van der Waals surface area contributed by atoms with Crippen LogP contribution in [0, 0.1) is 32.1 Å². The van der Waals surface area contributed by atoms with Crippen LogP contribution >= 0.6 is 11.8 Å². The van der Waals surface area contributed by atoms with Gasteiger partial charge in [-0.1, -0.05) is 106 Å². The average Bonchev–Trinajstić information content (AvgIpc) is 3.81. The Balaban J connectivity index is 0.000000352. The van der Waals surface area contributed by atoms with Gasteiger partial charge in [0.2, 0.25) is 18.2 Å². The highest BCUT2D eigenvalue weighted by molar-refractivity contribution is 8.10. The van der Waals surface area contributed by atoms with Crippen molar-refractivity contribution < 1.29 is 38.9 Å². The Hall–Kier alpha value is -4.31. The van der Waals surface area contributed by atoms with Crippen molar-refractivity contribution in [3.8, 4) is 0 Å². The molecule has 2 aliphatic heterocycles. The number of aliphatic hydroxyl groups excluding tert-OH is 2. The van der Waals surface area contributed by atoms with Crippen LogP contribution in [0.15, 0.2) is 60.2 Å². The molecule has 2 saturated heterocycles. The molecule has 0 spiro atoms. The van der Waals surface area contributed by atoms with Gasteiger partial charge in [0.15, 0.2) is 5.78 Å². The lowest BCUT2D eigenvalue weighted by atomic mass is 9.81. The van der Waals surface area contributed by atoms with E-state index in [1.807, 2.05) is 45.2 Å². The van der Waals surface area contributed by atoms with E-state index < -0.39 is 0 Å². The Morgan fingerprint density at radius 2 is 1.44 bits per heavy atom. The number of β-amino-alcohol motifs (C(OH)–C–C–N with tert-alkyl or cyclic N) is 1. The minimum absolute atomic E-state index is 0.0461. The smallest absolute Gasteiger partial charge is 0.246 e. The summed E-state index contributed by atoms with van der Waals surface area (Å²) in [7, 11) is 3.25. The van der Waals surface area contributed by atoms with E-state index in [4.69, 9.17) is 9.84 Å². The fraction of sp³-hybridized carbons (Fsp3) is 0.607. The Labute approximate surface area is 425 Å². The number of amides is 3. The third kappa shape index (κ3) is 21.2. The van der Waals surface area contributed by atoms with Crippen molar-refractivity contribution in [1.82, 2.24) is 25.3 Å². The quantitative estimate of drug-likeness (QED) is 0.0488. The first kappa shape index (κ1) is 61.8. The van der Waals surface area contributed by atoms with Crippen molar-refractivity contribution in [2.45, 2.75) is 132 Å². The Kier molecular flexibility index (Phi) is 28.8. The van der Waals surface area contributed by atoms with E-state index in [-0.39, 0.29) is 60.3 Å². The number of hydrogen-bond acceptors (Lipinski definition) is 11. The van der Waals surface area contributed by atoms with Crippen LogP contribution in [0.1, 0.15) is 133 Å². The number of aryl methyl sites for hydroxylation is 3. The fourth-order valence-corrected chi connectivity index (χ4v) is 9.42. The van der Waals surface area contributed by atoms with Gasteiger partial charge >= 0.3 is 0 Å². The summed E-state index contributed by atoms with van der Waals surface area (Å²) < 4.78 is 9.73. The number of allylic oxidation sites excluding steroid dienone is 2. The standard InChI is InChI=1S/C20H26N2O2S.C18H24O2.C16H33N3O3.C2H6O/c1-5-25-19(14(2)3)17-10-8-16(9-11-17)15(4)21-20(24)18-7-6-12-22(18)13-23;1-12-9-13(2)17(14(3)10-12)16(11-19)18(20)15-7-5-4-6-8-15;1-14(16(2,3)4)17-15(21)13-22-12-10-19-7-5-18(6-8-19)9-11-20;1-3-2/h5,8-11,13,15,18H,1,6-7,12H2,2-4H3,(H,21,24);9-11,15,19H,4-8H2,1-3H3;14,20H,5-13H2,1-4H3,(H,17,21);1-2H3/b;16-11+;;. The van der Waals surface area contributed by atoms with Crippen LogP contribution in [-0.4, -0.2) is 141 Å². The second kappa shape index (κ2) is 32.6. The van der Waals surface area contributed by atoms with Crippen molar-refractivity contribution in [1.29, 1.82) is 0 Å². The number of ketones is 1. The van der Waals surface area contributed by atoms with Gasteiger partial charge in [-0.3, -0.25) is 29.0 Å². The molecule has 4 N–H and O–H groups in total. The van der Waals surface area contributed by atoms with Gasteiger partial charge in [-0.2, -0.15) is 0 Å². The number of benzene rings is 2. The zero-order chi connectivity index (χ0) is 52.4. The van der Waals surface area contributed by atoms with Gasteiger partial charge in [0.1, 0.15) is 12.6 Å². The Morgan fingerprint density at radius 3 is 1.94 bits per heavy atom. The zero-order valence-corrected chi connectivity index (χ0v) is 45.6. The van der Waals surface area contributed by atoms with E-state index in [1.165, 1.54) is 22.5 Å². The molecule has 0 aromatic heterocycles. The number of nitrogens with zero attached hydrogens (tertiary/aromatic N) is 3. The number of hydrogen-bond donors (Lipinski definition) is 4. The van der Waals surface area contributed by atoms with Crippen LogP contribution in [-0.2, 0) is 28.7 Å². The Morgan fingerprint density at radius 1 is 0.871 bits per heavy atom. The molecule has 3 aliphatic rings. The van der Waals surface area contributed by atoms with Crippen LogP contribution in [0.2, 0.25) is 0 Å². The predicted molar refractivity (Wildman–Crippen MR) is 288 cm³/mol. The predicted octanol–water partition coefficient (Wildman–Crippen LogP) is 9.20. The molecule has 2 aromatic rings. The summed E-state index contributed by atoms with van der Waals surface area (Å²) in [6, 6.07) is 12.1. The van der Waals surface area contributed by atoms with Crippen molar-refractivity contribution in [3.05, 3.63) is 93.6 Å². The van der Waals surface area contributed by atoms with E-state index in [1.54, 1.807) is 30.9 Å². The topological polar surface area (TPSA) is 161 Å². The highest BCUT2D eigenvalue weighted by Gasteiger charge is 2.31. The minimum Gasteiger partial charge on any atom is -0.515 e. The SMILES string of the molecule is C=CSC(=C(C)C)c1ccc(C(C)NC(=O)C2CCCN2C=O)cc1.CC(NC(=O)COCCN1CCN(CCO)CC1)C(C)(C)C.COC.Cc1cc(C)c(/C(=C\O)C(=O)C2CCCCC2)c(C)c1. The van der Waals surface area contributed by atoms with Gasteiger partial charge in [-0.25, -0.2) is 0 Å². The summed E-state index contributed by atoms with van der Waals surface area (Å²) >= 11 is 1.62. The summed E-state index contributed by atoms with van der Waals surface area (Å²) in [4.78, 5) is 55.3. The molecule has 1 aliphatic carbocycles. The average molecular weight is 992 g/mol. The lowest BCUT2D eigenvalue weighted by Crippen LogP contribution is -2.48. The molecule has 0 bridgehead atoms. The number of methoxy groups -OCH3 is 1. The van der Waals surface area contributed by atoms with Gasteiger partial charge in [0.25, 0.3) is 0 Å². The van der Waals surface area contributed by atoms with Crippen molar-refractivity contribution >= 4 is 46.2 Å². The van der Waals surface area contributed by atoms with Crippen LogP contribution in [0.4, 0.5) is 0 Å². The number of rotatable bonds is 18. The second-order valence-corrected chi connectivity index (χ2v) is 21.0. The summed E-state index contributed by atoms with van der Waals surface area (Å²) in [5.74, 6) is 0.0769. The van der Waals surface area contributed by atoms with Crippen LogP contribution < -0.4 is 10.6 Å². The lowest BCUT2D eigenvalue weighted by molar-refractivity contribution is -0.131. The summed E-state index contributed by atoms with van der Waals surface area (Å²) in [6.07, 6.45) is 8.80. The van der Waals surface area contributed by atoms with Gasteiger partial charge in [0, 0.05) is 76.9 Å². The molecule has 0 radical (unpaired) electrons. The molecule has 3 amide bonds. The molecule has 3 unspecified atom stereocenters. The molecule has 3 fully saturated rings. The molecular weight excluding hydrogens is 903 g/mol. The third-order valence-electron chi connectivity index (χ3n) is 13.1. The van der Waals surface area contributed by atoms with E-state index >= 15 is 0 Å². The number of thioether (sulfide) groups is 1. The number of Topliss-reactive ketones (excluding diaryl/α,β-unsaturated/α-hetero) is 1. The number of piperazine rings is 1. The van der Waals surface area contributed by atoms with Crippen LogP contribution in [0.5, 0.6) is 0 Å². The summed E-state index contributed by atoms with van der Waals surface area (Å²) in [5.41, 5.74) is 8.21. The maximum Gasteiger partial charge on any atom is 0.246 e. The molecule has 5 rings (SSSR count). The van der Waals surface area contributed by atoms with E-state index in [9.17, 15) is 24.3 Å². The number of nitrogens with one attached hydrogen (secondary N) is 2. The Bertz CT molecular complexity index is 1960. The lowest BCUT2D eigenvalue weighted by Gasteiger charge is -2.34. The van der Waals surface area contributed by atoms with Gasteiger partial charge in [0.05, 0.1) is 31.1 Å². The summed E-state index contributed by atoms with van der Waals surface area (Å²) in [6.45, 7) is 31.5. The number of ether oxygens (including phenoxy) is 2. The molecule has 14 heteroatoms. The van der Waals surface area contributed by atoms with E-state index in [2.05, 4.69) is 97.6 Å². The highest BCUT2D eigenvalue weighted by atomic mass is 32.2. The molecule has 13 nitrogen and oxygen atoms in total. The zero-order valence-electron chi connectivity index (χ0n) is 44.8. The first-order valence-electron chi connectivity index (χ1n) is 25.1. The first-order chi connectivity index (χ1) is 33.3. The molecule has 3 atom stereocenters. The molecule has 392 valence electrons. The maximum atomic E-state index is 12.7. The van der Waals surface area contributed by atoms with Crippen LogP contribution in [0.25, 0.3) is 10.5 Å². The normalized spacial score (nSPS) is 17.5. The van der Waals surface area contributed by atoms with Gasteiger partial charge < -0.3 is 35.2 Å². The minimum atomic E-state index is -0.333. The number of aliphatic hydroxyl groups is 2. The van der Waals surface area contributed by atoms with Gasteiger partial charge in [-0.15, -0.1) is 0 Å². The van der Waals surface area contributed by atoms with Crippen molar-refractivity contribution in [2.24, 2.45) is 11.3 Å². The molecule has 2 aromatic carbocycles. The molecule has 70 heavy (non-hydrogen) atoms. The second-order valence-electron chi connectivity index (χ2n) is 20.0. The monoisotopic (exact) mass is 992 g/mol. The van der Waals surface area contributed by atoms with Gasteiger partial charge in [-0.05, 0) is 113 Å². The fourth-order valence-electron chi connectivity index (χ4n) is 8.75. The van der Waals surface area contributed by atoms with Crippen molar-refractivity contribution in [3.63, 3.8) is 0 Å². The summed E-state index contributed by atoms with van der Waals surface area (Å²) in [5, 5.41) is 26.4. The number of carbonyl (C=O) groups is 4.